The van der Waals surface area contributed by atoms with Gasteiger partial charge in [0.15, 0.2) is 6.29 Å². The Kier molecular flexibility index (Phi) is 3.24. The van der Waals surface area contributed by atoms with Crippen molar-refractivity contribution in [2.24, 2.45) is 0 Å². The lowest BCUT2D eigenvalue weighted by Gasteiger charge is -2.23. The van der Waals surface area contributed by atoms with Crippen LogP contribution >= 0.6 is 0 Å². The molecule has 0 spiro atoms. The van der Waals surface area contributed by atoms with Crippen LogP contribution in [0.1, 0.15) is 19.3 Å². The Bertz CT molecular complexity index is 773. The number of hydrogen-bond acceptors (Lipinski definition) is 2. The zero-order valence-electron chi connectivity index (χ0n) is 11.9. The molecule has 1 atom stereocenters. The summed E-state index contributed by atoms with van der Waals surface area (Å²) < 4.78 is 11.6. The molecule has 1 saturated heterocycles. The van der Waals surface area contributed by atoms with Crippen LogP contribution in [0, 0.1) is 0 Å². The van der Waals surface area contributed by atoms with Crippen LogP contribution in [0.4, 0.5) is 0 Å². The molecule has 3 aromatic rings. The monoisotopic (exact) mass is 278 g/mol. The first kappa shape index (κ1) is 12.7. The number of benzene rings is 3. The molecule has 0 N–H and O–H groups in total. The average Bonchev–Trinajstić information content (AvgIpc) is 2.54. The van der Waals surface area contributed by atoms with Crippen LogP contribution in [0.15, 0.2) is 54.6 Å². The van der Waals surface area contributed by atoms with Gasteiger partial charge in [-0.05, 0) is 58.7 Å². The highest BCUT2D eigenvalue weighted by atomic mass is 16.7. The molecule has 1 fully saturated rings. The summed E-state index contributed by atoms with van der Waals surface area (Å²) in [5.74, 6) is 0.893. The van der Waals surface area contributed by atoms with Gasteiger partial charge in [0.1, 0.15) is 5.75 Å². The van der Waals surface area contributed by atoms with Gasteiger partial charge in [0, 0.05) is 6.42 Å². The largest absolute Gasteiger partial charge is 0.465 e. The molecule has 106 valence electrons. The Morgan fingerprint density at radius 2 is 1.57 bits per heavy atom. The van der Waals surface area contributed by atoms with Gasteiger partial charge in [0.2, 0.25) is 0 Å². The number of fused-ring (bicyclic) bond motifs is 2. The molecule has 1 heterocycles. The molecule has 1 aliphatic rings. The van der Waals surface area contributed by atoms with E-state index in [0.717, 1.165) is 25.2 Å². The summed E-state index contributed by atoms with van der Waals surface area (Å²) in [5.41, 5.74) is 0. The second kappa shape index (κ2) is 5.38. The maximum absolute atomic E-state index is 5.95. The van der Waals surface area contributed by atoms with E-state index in [1.807, 2.05) is 6.07 Å². The number of rotatable bonds is 2. The Balaban J connectivity index is 1.69. The van der Waals surface area contributed by atoms with Crippen LogP contribution in [0.2, 0.25) is 0 Å². The van der Waals surface area contributed by atoms with Gasteiger partial charge in [0.25, 0.3) is 0 Å². The third kappa shape index (κ3) is 2.59. The van der Waals surface area contributed by atoms with E-state index < -0.39 is 0 Å². The first-order chi connectivity index (χ1) is 10.4. The highest BCUT2D eigenvalue weighted by molar-refractivity contribution is 5.98. The Labute approximate surface area is 124 Å². The Morgan fingerprint density at radius 1 is 0.810 bits per heavy atom. The molecule has 2 heteroatoms. The second-order valence-corrected chi connectivity index (χ2v) is 5.62. The van der Waals surface area contributed by atoms with E-state index in [0.29, 0.717) is 0 Å². The van der Waals surface area contributed by atoms with E-state index in [-0.39, 0.29) is 6.29 Å². The van der Waals surface area contributed by atoms with Gasteiger partial charge in [-0.1, -0.05) is 30.3 Å². The highest BCUT2D eigenvalue weighted by Gasteiger charge is 2.15. The summed E-state index contributed by atoms with van der Waals surface area (Å²) >= 11 is 0. The first-order valence-corrected chi connectivity index (χ1v) is 7.59. The van der Waals surface area contributed by atoms with E-state index in [9.17, 15) is 0 Å². The maximum Gasteiger partial charge on any atom is 0.199 e. The van der Waals surface area contributed by atoms with Gasteiger partial charge in [-0.3, -0.25) is 0 Å². The lowest BCUT2D eigenvalue weighted by molar-refractivity contribution is -0.105. The molecule has 1 aliphatic heterocycles. The van der Waals surface area contributed by atoms with Crippen molar-refractivity contribution in [1.82, 2.24) is 0 Å². The minimum absolute atomic E-state index is 0.0864. The SMILES string of the molecule is c1ccc2cc3cc(OC4CCCCO4)ccc3cc2c1. The van der Waals surface area contributed by atoms with Gasteiger partial charge >= 0.3 is 0 Å². The molecular weight excluding hydrogens is 260 g/mol. The van der Waals surface area contributed by atoms with Gasteiger partial charge in [0.05, 0.1) is 6.61 Å². The molecule has 3 aromatic carbocycles. The Morgan fingerprint density at radius 3 is 2.33 bits per heavy atom. The quantitative estimate of drug-likeness (QED) is 0.621. The first-order valence-electron chi connectivity index (χ1n) is 7.59. The van der Waals surface area contributed by atoms with Crippen molar-refractivity contribution in [2.45, 2.75) is 25.6 Å². The minimum atomic E-state index is -0.0864. The van der Waals surface area contributed by atoms with Crippen molar-refractivity contribution in [2.75, 3.05) is 6.61 Å². The van der Waals surface area contributed by atoms with Crippen LogP contribution in [-0.4, -0.2) is 12.9 Å². The third-order valence-electron chi connectivity index (χ3n) is 4.08. The zero-order chi connectivity index (χ0) is 14.1. The van der Waals surface area contributed by atoms with Crippen LogP contribution in [0.25, 0.3) is 21.5 Å². The average molecular weight is 278 g/mol. The van der Waals surface area contributed by atoms with E-state index in [4.69, 9.17) is 9.47 Å². The van der Waals surface area contributed by atoms with Crippen molar-refractivity contribution >= 4 is 21.5 Å². The van der Waals surface area contributed by atoms with Crippen molar-refractivity contribution in [1.29, 1.82) is 0 Å². The van der Waals surface area contributed by atoms with Crippen LogP contribution in [-0.2, 0) is 4.74 Å². The summed E-state index contributed by atoms with van der Waals surface area (Å²) in [7, 11) is 0. The predicted molar refractivity (Wildman–Crippen MR) is 85.7 cm³/mol. The van der Waals surface area contributed by atoms with E-state index in [1.54, 1.807) is 0 Å². The van der Waals surface area contributed by atoms with Crippen molar-refractivity contribution in [3.05, 3.63) is 54.6 Å². The summed E-state index contributed by atoms with van der Waals surface area (Å²) in [6, 6.07) is 19.2. The predicted octanol–water partition coefficient (Wildman–Crippen LogP) is 4.90. The summed E-state index contributed by atoms with van der Waals surface area (Å²) in [6.45, 7) is 0.808. The molecule has 0 amide bonds. The minimum Gasteiger partial charge on any atom is -0.465 e. The molecule has 0 aliphatic carbocycles. The number of hydrogen-bond donors (Lipinski definition) is 0. The van der Waals surface area contributed by atoms with E-state index >= 15 is 0 Å². The summed E-state index contributed by atoms with van der Waals surface area (Å²) in [6.07, 6.45) is 3.22. The molecule has 21 heavy (non-hydrogen) atoms. The smallest absolute Gasteiger partial charge is 0.199 e. The molecule has 0 aromatic heterocycles. The van der Waals surface area contributed by atoms with Crippen molar-refractivity contribution in [3.8, 4) is 5.75 Å². The van der Waals surface area contributed by atoms with Crippen LogP contribution in [0.3, 0.4) is 0 Å². The van der Waals surface area contributed by atoms with E-state index in [1.165, 1.54) is 28.0 Å². The van der Waals surface area contributed by atoms with Crippen LogP contribution in [0.5, 0.6) is 5.75 Å². The third-order valence-corrected chi connectivity index (χ3v) is 4.08. The highest BCUT2D eigenvalue weighted by Crippen LogP contribution is 2.27. The molecule has 0 bridgehead atoms. The molecule has 4 rings (SSSR count). The van der Waals surface area contributed by atoms with Gasteiger partial charge in [-0.25, -0.2) is 0 Å². The fourth-order valence-corrected chi connectivity index (χ4v) is 2.95. The lowest BCUT2D eigenvalue weighted by Crippen LogP contribution is -2.24. The van der Waals surface area contributed by atoms with Crippen molar-refractivity contribution < 1.29 is 9.47 Å². The molecular formula is C19H18O2. The molecule has 0 saturated carbocycles. The van der Waals surface area contributed by atoms with Crippen molar-refractivity contribution in [3.63, 3.8) is 0 Å². The summed E-state index contributed by atoms with van der Waals surface area (Å²) in [5, 5.41) is 4.98. The van der Waals surface area contributed by atoms with E-state index in [2.05, 4.69) is 48.5 Å². The topological polar surface area (TPSA) is 18.5 Å². The zero-order valence-corrected chi connectivity index (χ0v) is 11.9. The fraction of sp³-hybridized carbons (Fsp3) is 0.263. The number of ether oxygens (including phenoxy) is 2. The summed E-state index contributed by atoms with van der Waals surface area (Å²) in [4.78, 5) is 0. The maximum atomic E-state index is 5.95. The standard InChI is InChI=1S/C19H18O2/c1-2-6-15-12-17-13-18(21-19-7-3-4-10-20-19)9-8-16(17)11-14(15)5-1/h1-2,5-6,8-9,11-13,19H,3-4,7,10H2. The Hall–Kier alpha value is -2.06. The van der Waals surface area contributed by atoms with Gasteiger partial charge in [-0.15, -0.1) is 0 Å². The second-order valence-electron chi connectivity index (χ2n) is 5.62. The molecule has 0 radical (unpaired) electrons. The van der Waals surface area contributed by atoms with Gasteiger partial charge in [-0.2, -0.15) is 0 Å². The normalized spacial score (nSPS) is 19.0. The lowest BCUT2D eigenvalue weighted by atomic mass is 10.0. The van der Waals surface area contributed by atoms with Crippen LogP contribution < -0.4 is 4.74 Å². The molecule has 2 nitrogen and oxygen atoms in total. The molecule has 1 unspecified atom stereocenters. The van der Waals surface area contributed by atoms with Gasteiger partial charge < -0.3 is 9.47 Å². The fourth-order valence-electron chi connectivity index (χ4n) is 2.95.